The highest BCUT2D eigenvalue weighted by Gasteiger charge is 2.18. The SMILES string of the molecule is c1ccc2cc3c(-c4ccc(-c5cccc6ccsc56)c5ccc(-n6c7ccccc7c7ccccc76)cc45)ncnc3cc2c1. The van der Waals surface area contributed by atoms with Crippen molar-refractivity contribution in [3.8, 4) is 28.1 Å². The average molecular weight is 604 g/mol. The first-order valence-corrected chi connectivity index (χ1v) is 16.4. The van der Waals surface area contributed by atoms with Crippen LogP contribution in [0, 0.1) is 0 Å². The molecule has 0 saturated carbocycles. The van der Waals surface area contributed by atoms with Gasteiger partial charge in [0, 0.05) is 37.7 Å². The van der Waals surface area contributed by atoms with Gasteiger partial charge in [0.25, 0.3) is 0 Å². The number of aromatic nitrogens is 3. The van der Waals surface area contributed by atoms with Gasteiger partial charge >= 0.3 is 0 Å². The van der Waals surface area contributed by atoms with E-state index in [1.165, 1.54) is 64.6 Å². The number of benzene rings is 7. The minimum atomic E-state index is 0.945. The molecular weight excluding hydrogens is 579 g/mol. The van der Waals surface area contributed by atoms with E-state index in [9.17, 15) is 0 Å². The number of thiophene rings is 1. The van der Waals surface area contributed by atoms with Gasteiger partial charge in [-0.05, 0) is 80.3 Å². The van der Waals surface area contributed by atoms with Crippen molar-refractivity contribution >= 4 is 75.7 Å². The Balaban J connectivity index is 1.31. The zero-order valence-corrected chi connectivity index (χ0v) is 25.5. The Kier molecular flexibility index (Phi) is 5.45. The smallest absolute Gasteiger partial charge is 0.116 e. The maximum absolute atomic E-state index is 4.95. The Labute approximate surface area is 268 Å². The maximum Gasteiger partial charge on any atom is 0.116 e. The number of hydrogen-bond donors (Lipinski definition) is 0. The molecule has 0 fully saturated rings. The molecule has 10 aromatic rings. The van der Waals surface area contributed by atoms with Crippen LogP contribution < -0.4 is 0 Å². The molecule has 0 N–H and O–H groups in total. The second-order valence-electron chi connectivity index (χ2n) is 11.8. The lowest BCUT2D eigenvalue weighted by Gasteiger charge is -2.16. The highest BCUT2D eigenvalue weighted by Crippen LogP contribution is 2.42. The van der Waals surface area contributed by atoms with Crippen LogP contribution in [0.15, 0.2) is 151 Å². The molecule has 214 valence electrons. The van der Waals surface area contributed by atoms with Crippen molar-refractivity contribution in [2.24, 2.45) is 0 Å². The number of rotatable bonds is 3. The Morgan fingerprint density at radius 3 is 2.00 bits per heavy atom. The van der Waals surface area contributed by atoms with E-state index < -0.39 is 0 Å². The first-order valence-electron chi connectivity index (χ1n) is 15.5. The lowest BCUT2D eigenvalue weighted by molar-refractivity contribution is 1.19. The summed E-state index contributed by atoms with van der Waals surface area (Å²) in [5, 5.41) is 11.8. The van der Waals surface area contributed by atoms with Crippen LogP contribution >= 0.6 is 11.3 Å². The molecule has 3 aromatic heterocycles. The molecule has 3 heterocycles. The normalized spacial score (nSPS) is 11.9. The summed E-state index contributed by atoms with van der Waals surface area (Å²) in [7, 11) is 0. The zero-order valence-electron chi connectivity index (χ0n) is 24.7. The van der Waals surface area contributed by atoms with Gasteiger partial charge in [0.1, 0.15) is 6.33 Å². The van der Waals surface area contributed by atoms with Crippen LogP contribution in [0.2, 0.25) is 0 Å². The van der Waals surface area contributed by atoms with Gasteiger partial charge < -0.3 is 4.57 Å². The van der Waals surface area contributed by atoms with E-state index in [1.54, 1.807) is 17.7 Å². The summed E-state index contributed by atoms with van der Waals surface area (Å²) in [6.07, 6.45) is 1.70. The van der Waals surface area contributed by atoms with Crippen molar-refractivity contribution in [2.75, 3.05) is 0 Å². The van der Waals surface area contributed by atoms with Crippen LogP contribution in [-0.2, 0) is 0 Å². The predicted octanol–water partition coefficient (Wildman–Crippen LogP) is 11.6. The molecule has 0 spiro atoms. The largest absolute Gasteiger partial charge is 0.309 e. The molecule has 0 atom stereocenters. The Morgan fingerprint density at radius 2 is 1.17 bits per heavy atom. The molecule has 0 aliphatic heterocycles. The molecule has 3 nitrogen and oxygen atoms in total. The topological polar surface area (TPSA) is 30.7 Å². The summed E-state index contributed by atoms with van der Waals surface area (Å²) >= 11 is 1.80. The fraction of sp³-hybridized carbons (Fsp3) is 0. The number of fused-ring (bicyclic) bond motifs is 7. The molecule has 0 amide bonds. The van der Waals surface area contributed by atoms with Gasteiger partial charge in [-0.2, -0.15) is 0 Å². The second-order valence-corrected chi connectivity index (χ2v) is 12.8. The molecule has 7 aromatic carbocycles. The van der Waals surface area contributed by atoms with Crippen molar-refractivity contribution in [3.05, 3.63) is 151 Å². The highest BCUT2D eigenvalue weighted by atomic mass is 32.1. The molecule has 0 aliphatic rings. The van der Waals surface area contributed by atoms with Gasteiger partial charge in [-0.3, -0.25) is 0 Å². The van der Waals surface area contributed by atoms with Gasteiger partial charge in [-0.1, -0.05) is 97.1 Å². The fourth-order valence-electron chi connectivity index (χ4n) is 7.28. The number of hydrogen-bond acceptors (Lipinski definition) is 3. The summed E-state index contributed by atoms with van der Waals surface area (Å²) in [5.41, 5.74) is 9.00. The van der Waals surface area contributed by atoms with E-state index in [-0.39, 0.29) is 0 Å². The summed E-state index contributed by atoms with van der Waals surface area (Å²) in [6, 6.07) is 50.6. The Bertz CT molecular complexity index is 2770. The monoisotopic (exact) mass is 603 g/mol. The van der Waals surface area contributed by atoms with Crippen molar-refractivity contribution in [2.45, 2.75) is 0 Å². The Morgan fingerprint density at radius 1 is 0.457 bits per heavy atom. The van der Waals surface area contributed by atoms with E-state index in [2.05, 4.69) is 149 Å². The van der Waals surface area contributed by atoms with Crippen LogP contribution in [0.5, 0.6) is 0 Å². The second kappa shape index (κ2) is 9.83. The minimum absolute atomic E-state index is 0.945. The molecule has 0 radical (unpaired) electrons. The van der Waals surface area contributed by atoms with Gasteiger partial charge in [-0.15, -0.1) is 11.3 Å². The lowest BCUT2D eigenvalue weighted by atomic mass is 9.91. The maximum atomic E-state index is 4.95. The Hall–Kier alpha value is -5.84. The van der Waals surface area contributed by atoms with Crippen LogP contribution in [-0.4, -0.2) is 14.5 Å². The summed E-state index contributed by atoms with van der Waals surface area (Å²) in [4.78, 5) is 9.66. The third-order valence-corrected chi connectivity index (χ3v) is 10.3. The van der Waals surface area contributed by atoms with Crippen molar-refractivity contribution < 1.29 is 0 Å². The third-order valence-electron chi connectivity index (χ3n) is 9.37. The molecule has 46 heavy (non-hydrogen) atoms. The van der Waals surface area contributed by atoms with Gasteiger partial charge in [-0.25, -0.2) is 9.97 Å². The summed E-state index contributed by atoms with van der Waals surface area (Å²) in [5.74, 6) is 0. The van der Waals surface area contributed by atoms with Crippen molar-refractivity contribution in [3.63, 3.8) is 0 Å². The molecule has 0 aliphatic carbocycles. The molecular formula is C42H25N3S. The molecule has 10 rings (SSSR count). The van der Waals surface area contributed by atoms with Crippen LogP contribution in [0.25, 0.3) is 92.4 Å². The van der Waals surface area contributed by atoms with Gasteiger partial charge in [0.2, 0.25) is 0 Å². The van der Waals surface area contributed by atoms with Gasteiger partial charge in [0.05, 0.1) is 22.2 Å². The first-order chi connectivity index (χ1) is 22.8. The highest BCUT2D eigenvalue weighted by molar-refractivity contribution is 7.17. The average Bonchev–Trinajstić information content (AvgIpc) is 3.73. The molecule has 4 heteroatoms. The van der Waals surface area contributed by atoms with Crippen molar-refractivity contribution in [1.29, 1.82) is 0 Å². The summed E-state index contributed by atoms with van der Waals surface area (Å²) in [6.45, 7) is 0. The van der Waals surface area contributed by atoms with E-state index in [0.717, 1.165) is 27.8 Å². The van der Waals surface area contributed by atoms with Crippen LogP contribution in [0.1, 0.15) is 0 Å². The molecule has 0 saturated heterocycles. The standard InChI is InChI=1S/C42H25N3S/c1-2-9-28-23-38-37(22-27(28)8-1)41(44-25-43-38)34-19-18-30(35-13-7-10-26-20-21-46-42(26)35)31-17-16-29(24-36(31)34)45-39-14-5-3-11-32(39)33-12-4-6-15-40(33)45/h1-25H. The zero-order chi connectivity index (χ0) is 30.2. The predicted molar refractivity (Wildman–Crippen MR) is 195 cm³/mol. The van der Waals surface area contributed by atoms with E-state index in [1.807, 2.05) is 0 Å². The molecule has 0 bridgehead atoms. The van der Waals surface area contributed by atoms with E-state index >= 15 is 0 Å². The van der Waals surface area contributed by atoms with Crippen LogP contribution in [0.3, 0.4) is 0 Å². The minimum Gasteiger partial charge on any atom is -0.309 e. The third kappa shape index (κ3) is 3.71. The van der Waals surface area contributed by atoms with Crippen LogP contribution in [0.4, 0.5) is 0 Å². The van der Waals surface area contributed by atoms with E-state index in [4.69, 9.17) is 9.97 Å². The number of para-hydroxylation sites is 2. The number of nitrogens with zero attached hydrogens (tertiary/aromatic N) is 3. The fourth-order valence-corrected chi connectivity index (χ4v) is 8.21. The first kappa shape index (κ1) is 25.5. The quantitative estimate of drug-likeness (QED) is 0.188. The van der Waals surface area contributed by atoms with Gasteiger partial charge in [0.15, 0.2) is 0 Å². The summed E-state index contributed by atoms with van der Waals surface area (Å²) < 4.78 is 3.70. The molecule has 0 unspecified atom stereocenters. The lowest BCUT2D eigenvalue weighted by Crippen LogP contribution is -1.96. The van der Waals surface area contributed by atoms with E-state index in [0.29, 0.717) is 0 Å². The van der Waals surface area contributed by atoms with Crippen molar-refractivity contribution in [1.82, 2.24) is 14.5 Å².